The van der Waals surface area contributed by atoms with Gasteiger partial charge in [0.1, 0.15) is 10.7 Å². The van der Waals surface area contributed by atoms with Crippen molar-refractivity contribution in [1.82, 2.24) is 0 Å². The van der Waals surface area contributed by atoms with Gasteiger partial charge in [0.05, 0.1) is 25.1 Å². The molecule has 0 saturated heterocycles. The summed E-state index contributed by atoms with van der Waals surface area (Å²) in [7, 11) is -2.15. The largest absolute Gasteiger partial charge is 0.494 e. The van der Waals surface area contributed by atoms with E-state index in [0.717, 1.165) is 12.3 Å². The molecule has 0 fully saturated rings. The van der Waals surface area contributed by atoms with Crippen LogP contribution in [0.2, 0.25) is 0 Å². The second-order valence-electron chi connectivity index (χ2n) is 4.64. The number of benzene rings is 1. The lowest BCUT2D eigenvalue weighted by Crippen LogP contribution is -2.13. The van der Waals surface area contributed by atoms with E-state index in [2.05, 4.69) is 10.0 Å². The lowest BCUT2D eigenvalue weighted by Gasteiger charge is -2.11. The number of carbonyl (C=O) groups is 1. The topological polar surface area (TPSA) is 141 Å². The van der Waals surface area contributed by atoms with Crippen LogP contribution in [0.5, 0.6) is 5.75 Å². The van der Waals surface area contributed by atoms with Crippen molar-refractivity contribution in [3.8, 4) is 5.75 Å². The van der Waals surface area contributed by atoms with E-state index < -0.39 is 26.7 Å². The first-order valence-corrected chi connectivity index (χ1v) is 8.30. The predicted octanol–water partition coefficient (Wildman–Crippen LogP) is 1.82. The summed E-state index contributed by atoms with van der Waals surface area (Å²) in [6, 6.07) is 6.47. The third-order valence-electron chi connectivity index (χ3n) is 2.75. The summed E-state index contributed by atoms with van der Waals surface area (Å²) in [6.07, 6.45) is 0.992. The molecule has 11 heteroatoms. The van der Waals surface area contributed by atoms with Crippen molar-refractivity contribution in [1.29, 1.82) is 0 Å². The van der Waals surface area contributed by atoms with E-state index in [1.807, 2.05) is 0 Å². The van der Waals surface area contributed by atoms with Gasteiger partial charge in [0.2, 0.25) is 10.0 Å². The summed E-state index contributed by atoms with van der Waals surface area (Å²) in [5.41, 5.74) is 0.488. The number of ether oxygens (including phenoxy) is 1. The molecule has 1 heterocycles. The van der Waals surface area contributed by atoms with Crippen LogP contribution >= 0.6 is 0 Å². The van der Waals surface area contributed by atoms with Gasteiger partial charge in [-0.2, -0.15) is 0 Å². The SMILES string of the molecule is COc1cc(NC(=O)c2ccc([N+](=O)[O-])o2)ccc1NS(C)(=O)=O. The van der Waals surface area contributed by atoms with Crippen LogP contribution in [0, 0.1) is 10.1 Å². The molecule has 0 radical (unpaired) electrons. The molecule has 0 aliphatic carbocycles. The number of rotatable bonds is 6. The van der Waals surface area contributed by atoms with Gasteiger partial charge < -0.3 is 14.5 Å². The molecule has 0 unspecified atom stereocenters. The van der Waals surface area contributed by atoms with Crippen molar-refractivity contribution >= 4 is 33.2 Å². The second kappa shape index (κ2) is 6.58. The molecule has 0 spiro atoms. The smallest absolute Gasteiger partial charge is 0.433 e. The molecule has 0 aliphatic rings. The lowest BCUT2D eigenvalue weighted by molar-refractivity contribution is -0.402. The molecule has 2 rings (SSSR count). The molecule has 128 valence electrons. The fourth-order valence-electron chi connectivity index (χ4n) is 1.79. The zero-order valence-electron chi connectivity index (χ0n) is 12.6. The Hall–Kier alpha value is -3.08. The molecule has 10 nitrogen and oxygen atoms in total. The summed E-state index contributed by atoms with van der Waals surface area (Å²) >= 11 is 0. The Morgan fingerprint density at radius 2 is 2.00 bits per heavy atom. The number of furan rings is 1. The van der Waals surface area contributed by atoms with E-state index >= 15 is 0 Å². The minimum Gasteiger partial charge on any atom is -0.494 e. The zero-order valence-corrected chi connectivity index (χ0v) is 13.4. The van der Waals surface area contributed by atoms with Crippen LogP contribution in [-0.4, -0.2) is 32.6 Å². The van der Waals surface area contributed by atoms with E-state index in [1.54, 1.807) is 0 Å². The average molecular weight is 355 g/mol. The first-order chi connectivity index (χ1) is 11.2. The number of carbonyl (C=O) groups excluding carboxylic acids is 1. The van der Waals surface area contributed by atoms with Crippen LogP contribution in [-0.2, 0) is 10.0 Å². The molecule has 0 aliphatic heterocycles. The van der Waals surface area contributed by atoms with Gasteiger partial charge in [-0.05, 0) is 18.2 Å². The Morgan fingerprint density at radius 1 is 1.29 bits per heavy atom. The number of nitrogens with one attached hydrogen (secondary N) is 2. The number of hydrogen-bond donors (Lipinski definition) is 2. The van der Waals surface area contributed by atoms with Gasteiger partial charge in [-0.15, -0.1) is 0 Å². The van der Waals surface area contributed by atoms with E-state index in [4.69, 9.17) is 9.15 Å². The van der Waals surface area contributed by atoms with Gasteiger partial charge in [0.15, 0.2) is 5.76 Å². The molecule has 2 N–H and O–H groups in total. The number of nitrogens with zero attached hydrogens (tertiary/aromatic N) is 1. The maximum atomic E-state index is 12.0. The normalized spacial score (nSPS) is 10.9. The molecular weight excluding hydrogens is 342 g/mol. The molecule has 1 amide bonds. The van der Waals surface area contributed by atoms with E-state index in [-0.39, 0.29) is 22.9 Å². The van der Waals surface area contributed by atoms with Gasteiger partial charge in [-0.3, -0.25) is 19.6 Å². The van der Waals surface area contributed by atoms with Crippen LogP contribution in [0.1, 0.15) is 10.6 Å². The van der Waals surface area contributed by atoms with Gasteiger partial charge >= 0.3 is 5.88 Å². The second-order valence-corrected chi connectivity index (χ2v) is 6.39. The number of amides is 1. The molecule has 24 heavy (non-hydrogen) atoms. The Kier molecular flexibility index (Phi) is 4.74. The standard InChI is InChI=1S/C13H13N3O7S/c1-22-11-7-8(3-4-9(11)15-24(2,20)21)14-13(17)10-5-6-12(23-10)16(18)19/h3-7,15H,1-2H3,(H,14,17). The first-order valence-electron chi connectivity index (χ1n) is 6.41. The summed E-state index contributed by atoms with van der Waals surface area (Å²) < 4.78 is 34.7. The Morgan fingerprint density at radius 3 is 2.54 bits per heavy atom. The van der Waals surface area contributed by atoms with Gasteiger partial charge in [-0.1, -0.05) is 0 Å². The Labute approximate surface area is 136 Å². The monoisotopic (exact) mass is 355 g/mol. The first kappa shape index (κ1) is 17.3. The maximum Gasteiger partial charge on any atom is 0.433 e. The van der Waals surface area contributed by atoms with Gasteiger partial charge in [0, 0.05) is 11.8 Å². The van der Waals surface area contributed by atoms with Crippen LogP contribution < -0.4 is 14.8 Å². The van der Waals surface area contributed by atoms with Crippen LogP contribution in [0.25, 0.3) is 0 Å². The lowest BCUT2D eigenvalue weighted by atomic mass is 10.2. The van der Waals surface area contributed by atoms with E-state index in [9.17, 15) is 23.3 Å². The van der Waals surface area contributed by atoms with E-state index in [1.165, 1.54) is 31.4 Å². The summed E-state index contributed by atoms with van der Waals surface area (Å²) in [4.78, 5) is 21.8. The fourth-order valence-corrected chi connectivity index (χ4v) is 2.36. The Balaban J connectivity index is 2.20. The van der Waals surface area contributed by atoms with Crippen molar-refractivity contribution in [3.63, 3.8) is 0 Å². The molecule has 1 aromatic heterocycles. The molecule has 0 saturated carbocycles. The molecular formula is C13H13N3O7S. The third kappa shape index (κ3) is 4.23. The highest BCUT2D eigenvalue weighted by atomic mass is 32.2. The number of sulfonamides is 1. The van der Waals surface area contributed by atoms with Gasteiger partial charge in [-0.25, -0.2) is 8.42 Å². The van der Waals surface area contributed by atoms with Crippen molar-refractivity contribution < 1.29 is 27.3 Å². The number of anilines is 2. The van der Waals surface area contributed by atoms with Crippen molar-refractivity contribution in [2.24, 2.45) is 0 Å². The summed E-state index contributed by atoms with van der Waals surface area (Å²) in [5, 5.41) is 13.0. The van der Waals surface area contributed by atoms with Crippen LogP contribution in [0.4, 0.5) is 17.3 Å². The minimum atomic E-state index is -3.49. The number of methoxy groups -OCH3 is 1. The number of hydrogen-bond acceptors (Lipinski definition) is 7. The van der Waals surface area contributed by atoms with Crippen LogP contribution in [0.15, 0.2) is 34.7 Å². The average Bonchev–Trinajstić information content (AvgIpc) is 2.97. The quantitative estimate of drug-likeness (QED) is 0.594. The summed E-state index contributed by atoms with van der Waals surface area (Å²) in [5.74, 6) is -1.30. The van der Waals surface area contributed by atoms with Crippen molar-refractivity contribution in [3.05, 3.63) is 46.2 Å². The highest BCUT2D eigenvalue weighted by Gasteiger charge is 2.18. The molecule has 0 bridgehead atoms. The molecule has 2 aromatic rings. The summed E-state index contributed by atoms with van der Waals surface area (Å²) in [6.45, 7) is 0. The molecule has 0 atom stereocenters. The maximum absolute atomic E-state index is 12.0. The number of nitro groups is 1. The van der Waals surface area contributed by atoms with Crippen molar-refractivity contribution in [2.45, 2.75) is 0 Å². The zero-order chi connectivity index (χ0) is 17.9. The predicted molar refractivity (Wildman–Crippen MR) is 84.8 cm³/mol. The van der Waals surface area contributed by atoms with Crippen molar-refractivity contribution in [2.75, 3.05) is 23.4 Å². The molecule has 1 aromatic carbocycles. The third-order valence-corrected chi connectivity index (χ3v) is 3.34. The Bertz CT molecular complexity index is 889. The highest BCUT2D eigenvalue weighted by Crippen LogP contribution is 2.29. The fraction of sp³-hybridized carbons (Fsp3) is 0.154. The van der Waals surface area contributed by atoms with Gasteiger partial charge in [0.25, 0.3) is 5.91 Å². The van der Waals surface area contributed by atoms with E-state index in [0.29, 0.717) is 0 Å². The minimum absolute atomic E-state index is 0.184. The van der Waals surface area contributed by atoms with Crippen LogP contribution in [0.3, 0.4) is 0 Å². The highest BCUT2D eigenvalue weighted by molar-refractivity contribution is 7.92.